The Bertz CT molecular complexity index is 1400. The number of fused-ring (bicyclic) bond motifs is 3. The molecule has 6 rings (SSSR count). The molecule has 2 N–H and O–H groups in total. The summed E-state index contributed by atoms with van der Waals surface area (Å²) in [6, 6.07) is 19.4. The predicted octanol–water partition coefficient (Wildman–Crippen LogP) is 5.99. The maximum absolute atomic E-state index is 4.55. The highest BCUT2D eigenvalue weighted by Crippen LogP contribution is 2.39. The summed E-state index contributed by atoms with van der Waals surface area (Å²) in [5.41, 5.74) is 5.41. The second-order valence-electron chi connectivity index (χ2n) is 6.65. The molecule has 0 saturated heterocycles. The quantitative estimate of drug-likeness (QED) is 0.395. The number of aromatic amines is 2. The summed E-state index contributed by atoms with van der Waals surface area (Å²) in [6.45, 7) is 0. The van der Waals surface area contributed by atoms with Crippen molar-refractivity contribution in [2.24, 2.45) is 0 Å². The average molecular weight is 366 g/mol. The Morgan fingerprint density at radius 2 is 1.74 bits per heavy atom. The molecule has 0 unspecified atom stereocenters. The van der Waals surface area contributed by atoms with E-state index in [4.69, 9.17) is 0 Å². The Labute approximate surface area is 158 Å². The van der Waals surface area contributed by atoms with Gasteiger partial charge in [0.05, 0.1) is 11.7 Å². The molecule has 0 fully saturated rings. The van der Waals surface area contributed by atoms with Gasteiger partial charge in [-0.2, -0.15) is 5.10 Å². The third-order valence-corrected chi connectivity index (χ3v) is 6.12. The highest BCUT2D eigenvalue weighted by molar-refractivity contribution is 7.22. The minimum Gasteiger partial charge on any atom is -0.346 e. The number of thiophene rings is 1. The van der Waals surface area contributed by atoms with Crippen molar-refractivity contribution in [2.75, 3.05) is 0 Å². The number of rotatable bonds is 2. The zero-order valence-corrected chi connectivity index (χ0v) is 15.0. The largest absolute Gasteiger partial charge is 0.346 e. The van der Waals surface area contributed by atoms with E-state index >= 15 is 0 Å². The number of nitrogens with one attached hydrogen (secondary N) is 2. The van der Waals surface area contributed by atoms with Gasteiger partial charge in [-0.05, 0) is 47.3 Å². The van der Waals surface area contributed by atoms with E-state index in [-0.39, 0.29) is 0 Å². The van der Waals surface area contributed by atoms with Crippen LogP contribution in [0.4, 0.5) is 0 Å². The van der Waals surface area contributed by atoms with Gasteiger partial charge in [0.15, 0.2) is 0 Å². The van der Waals surface area contributed by atoms with Crippen LogP contribution in [0.15, 0.2) is 73.2 Å². The molecule has 4 heterocycles. The average Bonchev–Trinajstić information content (AvgIpc) is 3.44. The Morgan fingerprint density at radius 1 is 0.815 bits per heavy atom. The Balaban J connectivity index is 1.61. The Morgan fingerprint density at radius 3 is 2.70 bits per heavy atom. The minimum atomic E-state index is 0.910. The predicted molar refractivity (Wildman–Crippen MR) is 112 cm³/mol. The number of hydrogen-bond donors (Lipinski definition) is 2. The van der Waals surface area contributed by atoms with E-state index < -0.39 is 0 Å². The lowest BCUT2D eigenvalue weighted by Crippen LogP contribution is -1.85. The van der Waals surface area contributed by atoms with Crippen LogP contribution in [0.3, 0.4) is 0 Å². The summed E-state index contributed by atoms with van der Waals surface area (Å²) in [6.07, 6.45) is 5.73. The normalized spacial score (nSPS) is 11.7. The molecule has 0 spiro atoms. The van der Waals surface area contributed by atoms with Crippen molar-refractivity contribution in [3.8, 4) is 21.6 Å². The molecule has 5 heteroatoms. The summed E-state index contributed by atoms with van der Waals surface area (Å²) >= 11 is 1.81. The number of pyridine rings is 1. The smallest absolute Gasteiger partial charge is 0.137 e. The summed E-state index contributed by atoms with van der Waals surface area (Å²) in [4.78, 5) is 8.94. The molecule has 4 aromatic heterocycles. The van der Waals surface area contributed by atoms with E-state index in [1.54, 1.807) is 0 Å². The van der Waals surface area contributed by atoms with Gasteiger partial charge in [-0.25, -0.2) is 4.98 Å². The molecule has 6 aromatic rings. The van der Waals surface area contributed by atoms with Crippen molar-refractivity contribution < 1.29 is 0 Å². The van der Waals surface area contributed by atoms with E-state index in [1.165, 1.54) is 20.5 Å². The van der Waals surface area contributed by atoms with Crippen LogP contribution in [0.1, 0.15) is 0 Å². The molecule has 0 saturated carbocycles. The second kappa shape index (κ2) is 5.53. The maximum atomic E-state index is 4.55. The number of nitrogens with zero attached hydrogens (tertiary/aromatic N) is 2. The number of aromatic nitrogens is 4. The molecule has 0 aliphatic rings. The van der Waals surface area contributed by atoms with Crippen LogP contribution in [0.2, 0.25) is 0 Å². The summed E-state index contributed by atoms with van der Waals surface area (Å²) < 4.78 is 1.29. The van der Waals surface area contributed by atoms with Crippen LogP contribution < -0.4 is 0 Å². The lowest BCUT2D eigenvalue weighted by Gasteiger charge is -2.06. The van der Waals surface area contributed by atoms with Gasteiger partial charge in [0.1, 0.15) is 5.65 Å². The first kappa shape index (κ1) is 14.7. The van der Waals surface area contributed by atoms with Crippen LogP contribution in [-0.4, -0.2) is 20.2 Å². The maximum Gasteiger partial charge on any atom is 0.137 e. The lowest BCUT2D eigenvalue weighted by atomic mass is 10.00. The molecule has 0 amide bonds. The van der Waals surface area contributed by atoms with Crippen LogP contribution in [0, 0.1) is 0 Å². The fourth-order valence-corrected chi connectivity index (χ4v) is 4.72. The van der Waals surface area contributed by atoms with Gasteiger partial charge in [0.25, 0.3) is 0 Å². The van der Waals surface area contributed by atoms with Gasteiger partial charge in [-0.3, -0.25) is 5.10 Å². The van der Waals surface area contributed by atoms with Crippen molar-refractivity contribution in [3.63, 3.8) is 0 Å². The molecule has 0 radical (unpaired) electrons. The summed E-state index contributed by atoms with van der Waals surface area (Å²) in [7, 11) is 0. The van der Waals surface area contributed by atoms with Gasteiger partial charge >= 0.3 is 0 Å². The molecule has 128 valence electrons. The van der Waals surface area contributed by atoms with E-state index in [9.17, 15) is 0 Å². The second-order valence-corrected chi connectivity index (χ2v) is 7.73. The Hall–Kier alpha value is -3.44. The first-order chi connectivity index (χ1) is 13.3. The van der Waals surface area contributed by atoms with Crippen LogP contribution >= 0.6 is 11.3 Å². The highest BCUT2D eigenvalue weighted by Gasteiger charge is 2.13. The zero-order valence-electron chi connectivity index (χ0n) is 14.2. The third-order valence-electron chi connectivity index (χ3n) is 4.97. The van der Waals surface area contributed by atoms with Crippen molar-refractivity contribution in [1.82, 2.24) is 20.2 Å². The number of benzene rings is 2. The molecular weight excluding hydrogens is 352 g/mol. The van der Waals surface area contributed by atoms with Gasteiger partial charge in [-0.15, -0.1) is 11.3 Å². The SMILES string of the molecule is c1ccc2sc(-c3cc(-c4cnc5[nH]ccc5c4)cc4cn[nH]c34)cc2c1. The topological polar surface area (TPSA) is 57.4 Å². The monoisotopic (exact) mass is 366 g/mol. The molecule has 0 aliphatic heterocycles. The minimum absolute atomic E-state index is 0.910. The number of H-pyrrole nitrogens is 2. The van der Waals surface area contributed by atoms with Gasteiger partial charge in [-0.1, -0.05) is 18.2 Å². The molecule has 0 bridgehead atoms. The fourth-order valence-electron chi connectivity index (χ4n) is 3.63. The van der Waals surface area contributed by atoms with Crippen molar-refractivity contribution in [3.05, 3.63) is 73.2 Å². The Kier molecular flexibility index (Phi) is 3.01. The van der Waals surface area contributed by atoms with E-state index in [2.05, 4.69) is 74.8 Å². The first-order valence-corrected chi connectivity index (χ1v) is 9.56. The van der Waals surface area contributed by atoms with E-state index in [0.717, 1.165) is 33.1 Å². The van der Waals surface area contributed by atoms with Gasteiger partial charge in [0, 0.05) is 43.9 Å². The summed E-state index contributed by atoms with van der Waals surface area (Å²) in [5.74, 6) is 0. The molecule has 0 aliphatic carbocycles. The molecule has 0 atom stereocenters. The van der Waals surface area contributed by atoms with Gasteiger partial charge in [0.2, 0.25) is 0 Å². The lowest BCUT2D eigenvalue weighted by molar-refractivity contribution is 1.12. The standard InChI is InChI=1S/C22H14N4S/c1-2-4-19-13(3-1)10-20(27-19)18-9-15(8-17-12-25-26-21(17)18)16-7-14-5-6-23-22(14)24-11-16/h1-12H,(H,23,24)(H,25,26). The van der Waals surface area contributed by atoms with Crippen LogP contribution in [0.25, 0.3) is 53.6 Å². The molecule has 4 nitrogen and oxygen atoms in total. The van der Waals surface area contributed by atoms with Crippen molar-refractivity contribution in [1.29, 1.82) is 0 Å². The van der Waals surface area contributed by atoms with Crippen molar-refractivity contribution >= 4 is 43.4 Å². The van der Waals surface area contributed by atoms with Crippen molar-refractivity contribution in [2.45, 2.75) is 0 Å². The van der Waals surface area contributed by atoms with Crippen LogP contribution in [0.5, 0.6) is 0 Å². The van der Waals surface area contributed by atoms with Crippen LogP contribution in [-0.2, 0) is 0 Å². The highest BCUT2D eigenvalue weighted by atomic mass is 32.1. The van der Waals surface area contributed by atoms with E-state index in [0.29, 0.717) is 0 Å². The zero-order chi connectivity index (χ0) is 17.8. The first-order valence-electron chi connectivity index (χ1n) is 8.75. The molecule has 27 heavy (non-hydrogen) atoms. The van der Waals surface area contributed by atoms with Gasteiger partial charge < -0.3 is 4.98 Å². The fraction of sp³-hybridized carbons (Fsp3) is 0. The molecular formula is C22H14N4S. The summed E-state index contributed by atoms with van der Waals surface area (Å²) in [5, 5.41) is 10.9. The molecule has 2 aromatic carbocycles. The van der Waals surface area contributed by atoms with E-state index in [1.807, 2.05) is 29.9 Å². The number of hydrogen-bond acceptors (Lipinski definition) is 3. The third kappa shape index (κ3) is 2.29.